The number of furan rings is 1. The maximum Gasteiger partial charge on any atom is 0.231 e. The molecule has 0 unspecified atom stereocenters. The third kappa shape index (κ3) is 2.99. The number of ketones is 1. The van der Waals surface area contributed by atoms with Crippen LogP contribution in [0.5, 0.6) is 11.5 Å². The minimum Gasteiger partial charge on any atom is -0.464 e. The highest BCUT2D eigenvalue weighted by Gasteiger charge is 2.21. The first-order valence-corrected chi connectivity index (χ1v) is 9.22. The van der Waals surface area contributed by atoms with Crippen molar-refractivity contribution >= 4 is 39.1 Å². The third-order valence-corrected chi connectivity index (χ3v) is 5.06. The SMILES string of the molecule is CC(=O)c1cc2c(cc1NC(=O)Cc1coc3ccc4ccccc4c13)OCO2. The van der Waals surface area contributed by atoms with Crippen LogP contribution in [-0.2, 0) is 11.2 Å². The molecule has 0 atom stereocenters. The van der Waals surface area contributed by atoms with Gasteiger partial charge in [-0.25, -0.2) is 0 Å². The summed E-state index contributed by atoms with van der Waals surface area (Å²) < 4.78 is 16.4. The van der Waals surface area contributed by atoms with Gasteiger partial charge in [-0.15, -0.1) is 0 Å². The Morgan fingerprint density at radius 3 is 2.66 bits per heavy atom. The number of hydrogen-bond donors (Lipinski definition) is 1. The first kappa shape index (κ1) is 17.3. The van der Waals surface area contributed by atoms with Crippen LogP contribution >= 0.6 is 0 Å². The molecule has 5 rings (SSSR count). The van der Waals surface area contributed by atoms with E-state index in [4.69, 9.17) is 13.9 Å². The van der Waals surface area contributed by atoms with Gasteiger partial charge in [0.15, 0.2) is 17.3 Å². The second kappa shape index (κ2) is 6.67. The van der Waals surface area contributed by atoms with E-state index in [9.17, 15) is 9.59 Å². The van der Waals surface area contributed by atoms with Crippen molar-refractivity contribution < 1.29 is 23.5 Å². The van der Waals surface area contributed by atoms with Gasteiger partial charge in [-0.3, -0.25) is 9.59 Å². The van der Waals surface area contributed by atoms with Crippen LogP contribution in [0, 0.1) is 0 Å². The normalized spacial score (nSPS) is 12.4. The maximum atomic E-state index is 12.8. The minimum atomic E-state index is -0.248. The quantitative estimate of drug-likeness (QED) is 0.514. The highest BCUT2D eigenvalue weighted by Crippen LogP contribution is 2.37. The lowest BCUT2D eigenvalue weighted by atomic mass is 10.0. The third-order valence-electron chi connectivity index (χ3n) is 5.06. The minimum absolute atomic E-state index is 0.0954. The predicted molar refractivity (Wildman–Crippen MR) is 109 cm³/mol. The topological polar surface area (TPSA) is 77.8 Å². The predicted octanol–water partition coefficient (Wildman–Crippen LogP) is 4.70. The Morgan fingerprint density at radius 2 is 1.83 bits per heavy atom. The zero-order chi connectivity index (χ0) is 20.0. The highest BCUT2D eigenvalue weighted by molar-refractivity contribution is 6.10. The largest absolute Gasteiger partial charge is 0.464 e. The molecule has 1 aromatic heterocycles. The van der Waals surface area contributed by atoms with Gasteiger partial charge in [-0.05, 0) is 29.8 Å². The highest BCUT2D eigenvalue weighted by atomic mass is 16.7. The van der Waals surface area contributed by atoms with Crippen molar-refractivity contribution in [2.75, 3.05) is 12.1 Å². The number of anilines is 1. The molecular formula is C23H17NO5. The van der Waals surface area contributed by atoms with Crippen molar-refractivity contribution in [3.05, 3.63) is 65.9 Å². The number of fused-ring (bicyclic) bond motifs is 4. The molecule has 4 aromatic rings. The maximum absolute atomic E-state index is 12.8. The molecule has 1 amide bonds. The fourth-order valence-corrected chi connectivity index (χ4v) is 3.71. The van der Waals surface area contributed by atoms with Crippen LogP contribution in [0.15, 0.2) is 59.2 Å². The molecular weight excluding hydrogens is 370 g/mol. The van der Waals surface area contributed by atoms with Crippen molar-refractivity contribution in [1.29, 1.82) is 0 Å². The smallest absolute Gasteiger partial charge is 0.231 e. The van der Waals surface area contributed by atoms with Crippen molar-refractivity contribution in [3.8, 4) is 11.5 Å². The summed E-state index contributed by atoms with van der Waals surface area (Å²) in [5.41, 5.74) is 2.31. The van der Waals surface area contributed by atoms with Gasteiger partial charge in [-0.2, -0.15) is 0 Å². The number of hydrogen-bond acceptors (Lipinski definition) is 5. The summed E-state index contributed by atoms with van der Waals surface area (Å²) in [6.45, 7) is 1.54. The molecule has 3 aromatic carbocycles. The molecule has 29 heavy (non-hydrogen) atoms. The number of amides is 1. The van der Waals surface area contributed by atoms with Crippen LogP contribution < -0.4 is 14.8 Å². The average molecular weight is 387 g/mol. The van der Waals surface area contributed by atoms with Gasteiger partial charge in [0.2, 0.25) is 12.7 Å². The average Bonchev–Trinajstić information content (AvgIpc) is 3.33. The Bertz CT molecular complexity index is 1290. The lowest BCUT2D eigenvalue weighted by Gasteiger charge is -2.10. The van der Waals surface area contributed by atoms with E-state index in [1.165, 1.54) is 6.92 Å². The Labute approximate surface area is 166 Å². The number of nitrogens with one attached hydrogen (secondary N) is 1. The van der Waals surface area contributed by atoms with E-state index in [1.54, 1.807) is 18.4 Å². The van der Waals surface area contributed by atoms with E-state index < -0.39 is 0 Å². The number of benzene rings is 3. The van der Waals surface area contributed by atoms with Crippen LogP contribution in [0.1, 0.15) is 22.8 Å². The standard InChI is InChI=1S/C23H17NO5/c1-13(25)17-9-20-21(29-12-28-20)10-18(17)24-22(26)8-15-11-27-19-7-6-14-4-2-3-5-16(14)23(15)19/h2-7,9-11H,8,12H2,1H3,(H,24,26). The first-order chi connectivity index (χ1) is 14.1. The lowest BCUT2D eigenvalue weighted by Crippen LogP contribution is -2.16. The molecule has 1 aliphatic heterocycles. The summed E-state index contributed by atoms with van der Waals surface area (Å²) in [5, 5.41) is 5.88. The van der Waals surface area contributed by atoms with Gasteiger partial charge in [0.1, 0.15) is 5.58 Å². The van der Waals surface area contributed by atoms with E-state index in [1.807, 2.05) is 36.4 Å². The number of carbonyl (C=O) groups is 2. The molecule has 1 aliphatic rings. The van der Waals surface area contributed by atoms with Crippen LogP contribution in [0.25, 0.3) is 21.7 Å². The molecule has 0 aliphatic carbocycles. The molecule has 0 bridgehead atoms. The first-order valence-electron chi connectivity index (χ1n) is 9.22. The van der Waals surface area contributed by atoms with Gasteiger partial charge in [0.25, 0.3) is 0 Å². The van der Waals surface area contributed by atoms with Gasteiger partial charge in [-0.1, -0.05) is 30.3 Å². The van der Waals surface area contributed by atoms with Crippen LogP contribution in [0.3, 0.4) is 0 Å². The Kier molecular flexibility index (Phi) is 3.98. The number of ether oxygens (including phenoxy) is 2. The molecule has 6 nitrogen and oxygen atoms in total. The summed E-state index contributed by atoms with van der Waals surface area (Å²) in [6, 6.07) is 15.1. The molecule has 2 heterocycles. The second-order valence-corrected chi connectivity index (χ2v) is 6.95. The molecule has 144 valence electrons. The van der Waals surface area contributed by atoms with Gasteiger partial charge < -0.3 is 19.2 Å². The van der Waals surface area contributed by atoms with Crippen molar-refractivity contribution in [2.45, 2.75) is 13.3 Å². The zero-order valence-electron chi connectivity index (χ0n) is 15.7. The molecule has 0 saturated heterocycles. The zero-order valence-corrected chi connectivity index (χ0v) is 15.7. The second-order valence-electron chi connectivity index (χ2n) is 6.95. The number of carbonyl (C=O) groups excluding carboxylic acids is 2. The van der Waals surface area contributed by atoms with Gasteiger partial charge >= 0.3 is 0 Å². The summed E-state index contributed by atoms with van der Waals surface area (Å²) in [4.78, 5) is 24.8. The molecule has 0 fully saturated rings. The Hall–Kier alpha value is -3.80. The van der Waals surface area contributed by atoms with Crippen LogP contribution in [-0.4, -0.2) is 18.5 Å². The monoisotopic (exact) mass is 387 g/mol. The van der Waals surface area contributed by atoms with E-state index >= 15 is 0 Å². The molecule has 1 N–H and O–H groups in total. The summed E-state index contributed by atoms with van der Waals surface area (Å²) in [5.74, 6) is 0.589. The van der Waals surface area contributed by atoms with Crippen LogP contribution in [0.4, 0.5) is 5.69 Å². The van der Waals surface area contributed by atoms with E-state index in [0.29, 0.717) is 22.7 Å². The molecule has 0 spiro atoms. The van der Waals surface area contributed by atoms with Crippen molar-refractivity contribution in [2.24, 2.45) is 0 Å². The van der Waals surface area contributed by atoms with Gasteiger partial charge in [0.05, 0.1) is 18.4 Å². The van der Waals surface area contributed by atoms with Crippen LogP contribution in [0.2, 0.25) is 0 Å². The van der Waals surface area contributed by atoms with Gasteiger partial charge in [0, 0.05) is 22.6 Å². The molecule has 6 heteroatoms. The summed E-state index contributed by atoms with van der Waals surface area (Å²) in [7, 11) is 0. The lowest BCUT2D eigenvalue weighted by molar-refractivity contribution is -0.115. The summed E-state index contributed by atoms with van der Waals surface area (Å²) in [6.07, 6.45) is 1.73. The Balaban J connectivity index is 1.48. The van der Waals surface area contributed by atoms with E-state index in [2.05, 4.69) is 5.32 Å². The number of Topliss-reactive ketones (excluding diaryl/α,β-unsaturated/α-hetero) is 1. The fraction of sp³-hybridized carbons (Fsp3) is 0.130. The Morgan fingerprint density at radius 1 is 1.03 bits per heavy atom. The molecule has 0 saturated carbocycles. The fourth-order valence-electron chi connectivity index (χ4n) is 3.71. The van der Waals surface area contributed by atoms with E-state index in [0.717, 1.165) is 27.3 Å². The molecule has 0 radical (unpaired) electrons. The van der Waals surface area contributed by atoms with Crippen molar-refractivity contribution in [1.82, 2.24) is 0 Å². The van der Waals surface area contributed by atoms with E-state index in [-0.39, 0.29) is 24.9 Å². The van der Waals surface area contributed by atoms with Crippen molar-refractivity contribution in [3.63, 3.8) is 0 Å². The number of rotatable bonds is 4. The summed E-state index contributed by atoms with van der Waals surface area (Å²) >= 11 is 0.